The lowest BCUT2D eigenvalue weighted by Gasteiger charge is -2.32. The van der Waals surface area contributed by atoms with Crippen LogP contribution in [0.15, 0.2) is 15.9 Å². The number of likely N-dealkylation sites (tertiary alicyclic amines) is 1. The number of carbonyl (C=O) groups is 1. The molecule has 0 spiro atoms. The van der Waals surface area contributed by atoms with E-state index in [0.717, 1.165) is 17.4 Å². The van der Waals surface area contributed by atoms with Gasteiger partial charge in [0.15, 0.2) is 11.2 Å². The summed E-state index contributed by atoms with van der Waals surface area (Å²) in [7, 11) is 5.11. The minimum Gasteiger partial charge on any atom is -0.340 e. The zero-order valence-electron chi connectivity index (χ0n) is 14.2. The Morgan fingerprint density at radius 1 is 1.38 bits per heavy atom. The van der Waals surface area contributed by atoms with Gasteiger partial charge < -0.3 is 14.8 Å². The summed E-state index contributed by atoms with van der Waals surface area (Å²) in [5.74, 6) is -0.212. The monoisotopic (exact) mass is 334 g/mol. The van der Waals surface area contributed by atoms with E-state index in [4.69, 9.17) is 0 Å². The molecule has 1 aliphatic rings. The molecule has 2 aromatic heterocycles. The molecule has 1 N–H and O–H groups in total. The predicted octanol–water partition coefficient (Wildman–Crippen LogP) is -1.36. The smallest absolute Gasteiger partial charge is 0.332 e. The van der Waals surface area contributed by atoms with Crippen molar-refractivity contribution in [2.45, 2.75) is 25.4 Å². The van der Waals surface area contributed by atoms with Gasteiger partial charge in [-0.2, -0.15) is 0 Å². The van der Waals surface area contributed by atoms with Crippen molar-refractivity contribution in [2.24, 2.45) is 14.1 Å². The number of nitrogens with one attached hydrogen (secondary N) is 1. The molecule has 9 heteroatoms. The lowest BCUT2D eigenvalue weighted by molar-refractivity contribution is -0.133. The minimum absolute atomic E-state index is 0.212. The number of likely N-dealkylation sites (N-methyl/N-ethyl adjacent to an activating group) is 1. The Balaban J connectivity index is 1.95. The van der Waals surface area contributed by atoms with Crippen molar-refractivity contribution >= 4 is 17.1 Å². The molecular formula is C15H22N6O3. The predicted molar refractivity (Wildman–Crippen MR) is 88.9 cm³/mol. The van der Waals surface area contributed by atoms with Crippen LogP contribution in [0.1, 0.15) is 12.8 Å². The Kier molecular flexibility index (Phi) is 4.27. The van der Waals surface area contributed by atoms with E-state index in [2.05, 4.69) is 10.3 Å². The molecule has 130 valence electrons. The minimum atomic E-state index is -0.526. The molecule has 0 radical (unpaired) electrons. The van der Waals surface area contributed by atoms with Gasteiger partial charge in [-0.05, 0) is 19.9 Å². The molecular weight excluding hydrogens is 312 g/mol. The van der Waals surface area contributed by atoms with E-state index in [1.165, 1.54) is 10.9 Å². The fourth-order valence-corrected chi connectivity index (χ4v) is 3.21. The number of imidazole rings is 1. The lowest BCUT2D eigenvalue weighted by atomic mass is 10.1. The van der Waals surface area contributed by atoms with Gasteiger partial charge in [0.1, 0.15) is 6.54 Å². The van der Waals surface area contributed by atoms with Crippen molar-refractivity contribution in [2.75, 3.05) is 20.1 Å². The summed E-state index contributed by atoms with van der Waals surface area (Å²) in [6.07, 6.45) is 3.41. The molecule has 1 saturated heterocycles. The highest BCUT2D eigenvalue weighted by atomic mass is 16.2. The van der Waals surface area contributed by atoms with Crippen LogP contribution in [-0.4, -0.2) is 55.7 Å². The van der Waals surface area contributed by atoms with Crippen molar-refractivity contribution < 1.29 is 4.79 Å². The molecule has 0 bridgehead atoms. The highest BCUT2D eigenvalue weighted by Gasteiger charge is 2.24. The summed E-state index contributed by atoms with van der Waals surface area (Å²) < 4.78 is 3.86. The number of fused-ring (bicyclic) bond motifs is 1. The SMILES string of the molecule is CNC1CCCN(C(=O)Cn2c(=O)c3c(ncn3C)n(C)c2=O)C1. The van der Waals surface area contributed by atoms with Gasteiger partial charge in [-0.25, -0.2) is 14.3 Å². The number of nitrogens with zero attached hydrogens (tertiary/aromatic N) is 5. The third-order valence-corrected chi connectivity index (χ3v) is 4.68. The number of carbonyl (C=O) groups excluding carboxylic acids is 1. The quantitative estimate of drug-likeness (QED) is 0.748. The number of aromatic nitrogens is 4. The molecule has 24 heavy (non-hydrogen) atoms. The topological polar surface area (TPSA) is 94.2 Å². The van der Waals surface area contributed by atoms with E-state index in [0.29, 0.717) is 24.3 Å². The maximum Gasteiger partial charge on any atom is 0.332 e. The molecule has 3 heterocycles. The fourth-order valence-electron chi connectivity index (χ4n) is 3.21. The summed E-state index contributed by atoms with van der Waals surface area (Å²) in [6, 6.07) is 0.252. The maximum atomic E-state index is 12.6. The first-order valence-corrected chi connectivity index (χ1v) is 8.00. The molecule has 1 atom stereocenters. The van der Waals surface area contributed by atoms with Gasteiger partial charge in [0.25, 0.3) is 5.56 Å². The third-order valence-electron chi connectivity index (χ3n) is 4.68. The van der Waals surface area contributed by atoms with E-state index >= 15 is 0 Å². The standard InChI is InChI=1S/C15H22N6O3/c1-16-10-5-4-6-20(7-10)11(22)8-21-14(23)12-13(17-9-18(12)2)19(3)15(21)24/h9-10,16H,4-8H2,1-3H3. The summed E-state index contributed by atoms with van der Waals surface area (Å²) >= 11 is 0. The molecule has 1 fully saturated rings. The summed E-state index contributed by atoms with van der Waals surface area (Å²) in [5, 5.41) is 3.17. The first kappa shape index (κ1) is 16.4. The number of aryl methyl sites for hydroxylation is 2. The van der Waals surface area contributed by atoms with Gasteiger partial charge in [0, 0.05) is 33.2 Å². The second kappa shape index (κ2) is 6.23. The van der Waals surface area contributed by atoms with Gasteiger partial charge in [-0.15, -0.1) is 0 Å². The second-order valence-corrected chi connectivity index (χ2v) is 6.23. The molecule has 1 unspecified atom stereocenters. The van der Waals surface area contributed by atoms with E-state index in [-0.39, 0.29) is 18.5 Å². The zero-order chi connectivity index (χ0) is 17.4. The van der Waals surface area contributed by atoms with Gasteiger partial charge in [0.05, 0.1) is 6.33 Å². The van der Waals surface area contributed by atoms with Crippen LogP contribution < -0.4 is 16.6 Å². The largest absolute Gasteiger partial charge is 0.340 e. The molecule has 0 aliphatic carbocycles. The van der Waals surface area contributed by atoms with Crippen LogP contribution in [-0.2, 0) is 25.4 Å². The molecule has 1 amide bonds. The highest BCUT2D eigenvalue weighted by Crippen LogP contribution is 2.10. The number of hydrogen-bond acceptors (Lipinski definition) is 5. The van der Waals surface area contributed by atoms with E-state index in [9.17, 15) is 14.4 Å². The number of piperidine rings is 1. The van der Waals surface area contributed by atoms with E-state index in [1.54, 1.807) is 23.6 Å². The number of amides is 1. The van der Waals surface area contributed by atoms with Gasteiger partial charge in [0.2, 0.25) is 5.91 Å². The first-order chi connectivity index (χ1) is 11.4. The van der Waals surface area contributed by atoms with Crippen molar-refractivity contribution in [1.82, 2.24) is 28.9 Å². The van der Waals surface area contributed by atoms with Crippen LogP contribution in [0, 0.1) is 0 Å². The number of hydrogen-bond donors (Lipinski definition) is 1. The van der Waals surface area contributed by atoms with Crippen LogP contribution in [0.2, 0.25) is 0 Å². The van der Waals surface area contributed by atoms with Crippen molar-refractivity contribution in [3.63, 3.8) is 0 Å². The van der Waals surface area contributed by atoms with Gasteiger partial charge >= 0.3 is 5.69 Å². The highest BCUT2D eigenvalue weighted by molar-refractivity contribution is 5.77. The summed E-state index contributed by atoms with van der Waals surface area (Å²) in [4.78, 5) is 43.4. The molecule has 2 aromatic rings. The summed E-state index contributed by atoms with van der Waals surface area (Å²) in [6.45, 7) is 1.00. The molecule has 1 aliphatic heterocycles. The van der Waals surface area contributed by atoms with Crippen LogP contribution in [0.25, 0.3) is 11.2 Å². The van der Waals surface area contributed by atoms with Crippen molar-refractivity contribution in [1.29, 1.82) is 0 Å². The van der Waals surface area contributed by atoms with Crippen LogP contribution in [0.3, 0.4) is 0 Å². The molecule has 0 aromatic carbocycles. The van der Waals surface area contributed by atoms with Crippen LogP contribution >= 0.6 is 0 Å². The van der Waals surface area contributed by atoms with E-state index < -0.39 is 11.2 Å². The van der Waals surface area contributed by atoms with Crippen molar-refractivity contribution in [3.8, 4) is 0 Å². The maximum absolute atomic E-state index is 12.6. The normalized spacial score (nSPS) is 18.3. The molecule has 9 nitrogen and oxygen atoms in total. The molecule has 3 rings (SSSR count). The van der Waals surface area contributed by atoms with Gasteiger partial charge in [-0.1, -0.05) is 0 Å². The van der Waals surface area contributed by atoms with Crippen molar-refractivity contribution in [3.05, 3.63) is 27.2 Å². The Morgan fingerprint density at radius 2 is 2.12 bits per heavy atom. The number of rotatable bonds is 3. The Hall–Kier alpha value is -2.42. The lowest BCUT2D eigenvalue weighted by Crippen LogP contribution is -2.50. The fraction of sp³-hybridized carbons (Fsp3) is 0.600. The third kappa shape index (κ3) is 2.64. The average Bonchev–Trinajstić information content (AvgIpc) is 2.98. The van der Waals surface area contributed by atoms with Gasteiger partial charge in [-0.3, -0.25) is 14.2 Å². The molecule has 0 saturated carbocycles. The van der Waals surface area contributed by atoms with E-state index in [1.807, 2.05) is 7.05 Å². The average molecular weight is 334 g/mol. The first-order valence-electron chi connectivity index (χ1n) is 8.00. The second-order valence-electron chi connectivity index (χ2n) is 6.23. The summed E-state index contributed by atoms with van der Waals surface area (Å²) in [5.41, 5.74) is -0.369. The zero-order valence-corrected chi connectivity index (χ0v) is 14.2. The Bertz CT molecular complexity index is 893. The van der Waals surface area contributed by atoms with Crippen LogP contribution in [0.5, 0.6) is 0 Å². The van der Waals surface area contributed by atoms with Crippen LogP contribution in [0.4, 0.5) is 0 Å². The Labute approximate surface area is 138 Å². The Morgan fingerprint density at radius 3 is 2.83 bits per heavy atom.